The van der Waals surface area contributed by atoms with Gasteiger partial charge in [0, 0.05) is 5.57 Å². The first kappa shape index (κ1) is 17.7. The Morgan fingerprint density at radius 2 is 1.90 bits per heavy atom. The summed E-state index contributed by atoms with van der Waals surface area (Å²) in [6, 6.07) is 0. The topological polar surface area (TPSA) is 63.6 Å². The van der Waals surface area contributed by atoms with Gasteiger partial charge in [-0.15, -0.1) is 0 Å². The number of ether oxygens (including phenoxy) is 1. The van der Waals surface area contributed by atoms with Gasteiger partial charge in [0.15, 0.2) is 0 Å². The number of carbonyl (C=O) groups excluding carboxylic acids is 1. The van der Waals surface area contributed by atoms with Crippen LogP contribution in [0.15, 0.2) is 11.6 Å². The van der Waals surface area contributed by atoms with E-state index in [1.165, 1.54) is 25.7 Å². The van der Waals surface area contributed by atoms with Crippen molar-refractivity contribution in [3.63, 3.8) is 0 Å². The van der Waals surface area contributed by atoms with Gasteiger partial charge in [0.2, 0.25) is 0 Å². The second kappa shape index (κ2) is 9.59. The van der Waals surface area contributed by atoms with Crippen molar-refractivity contribution in [1.82, 2.24) is 0 Å². The molecule has 0 saturated heterocycles. The molecule has 1 rings (SSSR count). The summed E-state index contributed by atoms with van der Waals surface area (Å²) >= 11 is 0. The lowest BCUT2D eigenvalue weighted by Crippen LogP contribution is -2.27. The molecule has 0 amide bonds. The second-order valence-corrected chi connectivity index (χ2v) is 6.03. The maximum absolute atomic E-state index is 12.0. The van der Waals surface area contributed by atoms with Crippen LogP contribution in [0.4, 0.5) is 0 Å². The monoisotopic (exact) mass is 296 g/mol. The minimum atomic E-state index is -0.927. The summed E-state index contributed by atoms with van der Waals surface area (Å²) in [7, 11) is 0. The van der Waals surface area contributed by atoms with Gasteiger partial charge >= 0.3 is 11.9 Å². The summed E-state index contributed by atoms with van der Waals surface area (Å²) in [5.41, 5.74) is 0.339. The van der Waals surface area contributed by atoms with E-state index < -0.39 is 17.9 Å². The molecule has 0 aromatic rings. The number of carbonyl (C=O) groups is 2. The second-order valence-electron chi connectivity index (χ2n) is 6.03. The lowest BCUT2D eigenvalue weighted by Gasteiger charge is -2.23. The van der Waals surface area contributed by atoms with E-state index in [1.807, 2.05) is 6.92 Å². The standard InChI is InChI=1S/C17H28O4/c1-3-4-5-6-7-8-11-21-17(20)14-10-9-13(2)12-15(14)16(18)19/h10,13,15H,3-9,11-12H2,1-2H3,(H,18,19). The smallest absolute Gasteiger partial charge is 0.334 e. The highest BCUT2D eigenvalue weighted by Gasteiger charge is 2.32. The van der Waals surface area contributed by atoms with Crippen LogP contribution in [0.2, 0.25) is 0 Å². The van der Waals surface area contributed by atoms with Crippen LogP contribution < -0.4 is 0 Å². The van der Waals surface area contributed by atoms with Crippen LogP contribution in [0.1, 0.15) is 65.2 Å². The summed E-state index contributed by atoms with van der Waals surface area (Å²) in [5, 5.41) is 9.22. The molecule has 120 valence electrons. The molecule has 0 saturated carbocycles. The summed E-state index contributed by atoms with van der Waals surface area (Å²) < 4.78 is 5.23. The Labute approximate surface area is 127 Å². The lowest BCUT2D eigenvalue weighted by atomic mass is 9.82. The molecule has 0 bridgehead atoms. The first-order valence-corrected chi connectivity index (χ1v) is 8.16. The number of hydrogen-bond acceptors (Lipinski definition) is 3. The van der Waals surface area contributed by atoms with E-state index in [-0.39, 0.29) is 0 Å². The van der Waals surface area contributed by atoms with Crippen molar-refractivity contribution < 1.29 is 19.4 Å². The molecule has 0 aliphatic heterocycles. The minimum absolute atomic E-state index is 0.307. The van der Waals surface area contributed by atoms with Crippen molar-refractivity contribution in [1.29, 1.82) is 0 Å². The molecule has 0 radical (unpaired) electrons. The zero-order valence-electron chi connectivity index (χ0n) is 13.3. The Morgan fingerprint density at radius 3 is 2.57 bits per heavy atom. The number of carboxylic acid groups (broad SMARTS) is 1. The number of carboxylic acids is 1. The van der Waals surface area contributed by atoms with Crippen LogP contribution in [-0.2, 0) is 14.3 Å². The van der Waals surface area contributed by atoms with E-state index in [2.05, 4.69) is 6.92 Å². The zero-order valence-corrected chi connectivity index (χ0v) is 13.3. The SMILES string of the molecule is CCCCCCCCOC(=O)C1=CCC(C)CC1C(=O)O. The van der Waals surface area contributed by atoms with Gasteiger partial charge < -0.3 is 9.84 Å². The average molecular weight is 296 g/mol. The van der Waals surface area contributed by atoms with E-state index in [0.29, 0.717) is 24.5 Å². The highest BCUT2D eigenvalue weighted by Crippen LogP contribution is 2.30. The van der Waals surface area contributed by atoms with Crippen LogP contribution in [-0.4, -0.2) is 23.7 Å². The Morgan fingerprint density at radius 1 is 1.24 bits per heavy atom. The van der Waals surface area contributed by atoms with E-state index in [4.69, 9.17) is 4.74 Å². The fourth-order valence-electron chi connectivity index (χ4n) is 2.69. The van der Waals surface area contributed by atoms with E-state index in [9.17, 15) is 14.7 Å². The predicted molar refractivity (Wildman–Crippen MR) is 81.9 cm³/mol. The lowest BCUT2D eigenvalue weighted by molar-refractivity contribution is -0.147. The fourth-order valence-corrected chi connectivity index (χ4v) is 2.69. The van der Waals surface area contributed by atoms with Crippen LogP contribution in [0.25, 0.3) is 0 Å². The molecule has 4 nitrogen and oxygen atoms in total. The maximum Gasteiger partial charge on any atom is 0.334 e. The zero-order chi connectivity index (χ0) is 15.7. The normalized spacial score (nSPS) is 21.7. The molecular formula is C17H28O4. The van der Waals surface area contributed by atoms with Crippen molar-refractivity contribution in [2.75, 3.05) is 6.61 Å². The van der Waals surface area contributed by atoms with Gasteiger partial charge in [0.1, 0.15) is 0 Å². The number of esters is 1. The van der Waals surface area contributed by atoms with Gasteiger partial charge in [-0.25, -0.2) is 4.79 Å². The van der Waals surface area contributed by atoms with E-state index >= 15 is 0 Å². The summed E-state index contributed by atoms with van der Waals surface area (Å²) in [6.07, 6.45) is 9.82. The van der Waals surface area contributed by atoms with Crippen LogP contribution in [0.3, 0.4) is 0 Å². The van der Waals surface area contributed by atoms with Crippen molar-refractivity contribution in [2.45, 2.75) is 65.2 Å². The number of aliphatic carboxylic acids is 1. The van der Waals surface area contributed by atoms with Gasteiger partial charge in [-0.05, 0) is 25.2 Å². The van der Waals surface area contributed by atoms with Gasteiger partial charge in [-0.1, -0.05) is 52.0 Å². The summed E-state index contributed by atoms with van der Waals surface area (Å²) in [6.45, 7) is 4.58. The van der Waals surface area contributed by atoms with E-state index in [0.717, 1.165) is 19.3 Å². The van der Waals surface area contributed by atoms with Gasteiger partial charge in [0.25, 0.3) is 0 Å². The molecule has 1 N–H and O–H groups in total. The van der Waals surface area contributed by atoms with Crippen molar-refractivity contribution in [3.8, 4) is 0 Å². The summed E-state index contributed by atoms with van der Waals surface area (Å²) in [5.74, 6) is -1.76. The third kappa shape index (κ3) is 6.32. The molecule has 4 heteroatoms. The van der Waals surface area contributed by atoms with Gasteiger partial charge in [-0.2, -0.15) is 0 Å². The molecule has 0 fully saturated rings. The third-order valence-electron chi connectivity index (χ3n) is 4.02. The quantitative estimate of drug-likeness (QED) is 0.517. The predicted octanol–water partition coefficient (Wildman–Crippen LogP) is 3.95. The van der Waals surface area contributed by atoms with Crippen LogP contribution in [0, 0.1) is 11.8 Å². The molecule has 2 atom stereocenters. The van der Waals surface area contributed by atoms with E-state index in [1.54, 1.807) is 6.08 Å². The number of allylic oxidation sites excluding steroid dienone is 1. The van der Waals surface area contributed by atoms with Crippen molar-refractivity contribution in [3.05, 3.63) is 11.6 Å². The van der Waals surface area contributed by atoms with Crippen molar-refractivity contribution in [2.24, 2.45) is 11.8 Å². The average Bonchev–Trinajstić information content (AvgIpc) is 2.46. The molecule has 1 aliphatic carbocycles. The Kier molecular flexibility index (Phi) is 8.09. The highest BCUT2D eigenvalue weighted by molar-refractivity contribution is 5.95. The maximum atomic E-state index is 12.0. The van der Waals surface area contributed by atoms with Crippen LogP contribution >= 0.6 is 0 Å². The first-order chi connectivity index (χ1) is 10.1. The molecule has 0 aromatic carbocycles. The Bertz CT molecular complexity index is 373. The summed E-state index contributed by atoms with van der Waals surface area (Å²) in [4.78, 5) is 23.2. The third-order valence-corrected chi connectivity index (χ3v) is 4.02. The molecule has 1 aliphatic rings. The van der Waals surface area contributed by atoms with Crippen molar-refractivity contribution >= 4 is 11.9 Å². The van der Waals surface area contributed by atoms with Gasteiger partial charge in [-0.3, -0.25) is 4.79 Å². The Hall–Kier alpha value is -1.32. The number of unbranched alkanes of at least 4 members (excludes halogenated alkanes) is 5. The number of hydrogen-bond donors (Lipinski definition) is 1. The molecular weight excluding hydrogens is 268 g/mol. The first-order valence-electron chi connectivity index (χ1n) is 8.16. The highest BCUT2D eigenvalue weighted by atomic mass is 16.5. The molecule has 0 heterocycles. The Balaban J connectivity index is 2.32. The fraction of sp³-hybridized carbons (Fsp3) is 0.765. The number of rotatable bonds is 9. The molecule has 0 spiro atoms. The molecule has 2 unspecified atom stereocenters. The molecule has 21 heavy (non-hydrogen) atoms. The van der Waals surface area contributed by atoms with Gasteiger partial charge in [0.05, 0.1) is 12.5 Å². The molecule has 0 aromatic heterocycles. The minimum Gasteiger partial charge on any atom is -0.481 e. The van der Waals surface area contributed by atoms with Crippen LogP contribution in [0.5, 0.6) is 0 Å². The largest absolute Gasteiger partial charge is 0.481 e.